The zero-order valence-electron chi connectivity index (χ0n) is 17.7. The molecule has 4 aromatic rings. The van der Waals surface area contributed by atoms with Crippen molar-refractivity contribution in [3.63, 3.8) is 0 Å². The molecule has 0 saturated heterocycles. The number of benzene rings is 3. The fraction of sp³-hybridized carbons (Fsp3) is 0.160. The van der Waals surface area contributed by atoms with Crippen LogP contribution in [0.5, 0.6) is 0 Å². The van der Waals surface area contributed by atoms with Gasteiger partial charge in [0.2, 0.25) is 5.91 Å². The Morgan fingerprint density at radius 1 is 0.906 bits per heavy atom. The van der Waals surface area contributed by atoms with E-state index in [4.69, 9.17) is 11.6 Å². The average Bonchev–Trinajstić information content (AvgIpc) is 3.21. The molecule has 32 heavy (non-hydrogen) atoms. The van der Waals surface area contributed by atoms with Crippen molar-refractivity contribution >= 4 is 29.3 Å². The van der Waals surface area contributed by atoms with Gasteiger partial charge in [-0.25, -0.2) is 0 Å². The maximum atomic E-state index is 12.7. The molecule has 162 valence electrons. The molecule has 0 fully saturated rings. The molecule has 0 unspecified atom stereocenters. The van der Waals surface area contributed by atoms with E-state index >= 15 is 0 Å². The van der Waals surface area contributed by atoms with E-state index in [0.29, 0.717) is 23.1 Å². The second-order valence-corrected chi connectivity index (χ2v) is 8.78. The zero-order valence-corrected chi connectivity index (χ0v) is 19.3. The number of nitrogens with zero attached hydrogens (tertiary/aromatic N) is 4. The fourth-order valence-electron chi connectivity index (χ4n) is 3.32. The van der Waals surface area contributed by atoms with Crippen LogP contribution in [0.2, 0.25) is 5.02 Å². The van der Waals surface area contributed by atoms with Crippen LogP contribution in [-0.4, -0.2) is 38.4 Å². The Morgan fingerprint density at radius 2 is 1.53 bits per heavy atom. The molecular weight excluding hydrogens is 440 g/mol. The molecule has 0 bridgehead atoms. The van der Waals surface area contributed by atoms with Crippen LogP contribution >= 0.6 is 23.4 Å². The van der Waals surface area contributed by atoms with Gasteiger partial charge in [-0.05, 0) is 35.4 Å². The first-order chi connectivity index (χ1) is 15.6. The summed E-state index contributed by atoms with van der Waals surface area (Å²) in [7, 11) is 1.82. The normalized spacial score (nSPS) is 10.8. The van der Waals surface area contributed by atoms with Gasteiger partial charge < -0.3 is 4.90 Å². The largest absolute Gasteiger partial charge is 0.341 e. The second-order valence-electron chi connectivity index (χ2n) is 7.40. The second kappa shape index (κ2) is 10.5. The van der Waals surface area contributed by atoms with E-state index in [9.17, 15) is 4.79 Å². The van der Waals surface area contributed by atoms with E-state index in [2.05, 4.69) is 22.3 Å². The van der Waals surface area contributed by atoms with Crippen molar-refractivity contribution in [3.05, 3.63) is 107 Å². The molecule has 5 nitrogen and oxygen atoms in total. The number of amides is 1. The van der Waals surface area contributed by atoms with E-state index in [-0.39, 0.29) is 11.7 Å². The van der Waals surface area contributed by atoms with Crippen LogP contribution in [0.15, 0.2) is 90.1 Å². The molecule has 0 spiro atoms. The third kappa shape index (κ3) is 5.58. The number of aromatic nitrogens is 3. The molecule has 0 radical (unpaired) electrons. The third-order valence-electron chi connectivity index (χ3n) is 5.00. The number of halogens is 1. The van der Waals surface area contributed by atoms with Gasteiger partial charge in [0.05, 0.1) is 5.75 Å². The lowest BCUT2D eigenvalue weighted by atomic mass is 10.1. The van der Waals surface area contributed by atoms with Crippen LogP contribution in [0.1, 0.15) is 17.0 Å². The van der Waals surface area contributed by atoms with Gasteiger partial charge in [0.25, 0.3) is 0 Å². The number of carbonyl (C=O) groups is 1. The summed E-state index contributed by atoms with van der Waals surface area (Å²) in [6, 6.07) is 27.7. The number of hydrogen-bond acceptors (Lipinski definition) is 4. The molecule has 3 aromatic carbocycles. The predicted molar refractivity (Wildman–Crippen MR) is 129 cm³/mol. The highest BCUT2D eigenvalue weighted by Gasteiger charge is 2.18. The number of rotatable bonds is 8. The lowest BCUT2D eigenvalue weighted by molar-refractivity contribution is -0.127. The monoisotopic (exact) mass is 462 g/mol. The Hall–Kier alpha value is -3.09. The summed E-state index contributed by atoms with van der Waals surface area (Å²) in [5.74, 6) is 1.13. The Bertz CT molecular complexity index is 1160. The quantitative estimate of drug-likeness (QED) is 0.335. The Balaban J connectivity index is 1.52. The zero-order chi connectivity index (χ0) is 22.3. The summed E-state index contributed by atoms with van der Waals surface area (Å²) in [5.41, 5.74) is 3.16. The number of carbonyl (C=O) groups excluding carboxylic acids is 1. The lowest BCUT2D eigenvalue weighted by Gasteiger charge is -2.17. The minimum absolute atomic E-state index is 0.0362. The van der Waals surface area contributed by atoms with Crippen molar-refractivity contribution in [2.24, 2.45) is 0 Å². The molecular formula is C25H23ClN4OS. The van der Waals surface area contributed by atoms with Gasteiger partial charge in [-0.1, -0.05) is 84.0 Å². The van der Waals surface area contributed by atoms with Gasteiger partial charge in [-0.2, -0.15) is 0 Å². The molecule has 0 aliphatic rings. The minimum Gasteiger partial charge on any atom is -0.341 e. The highest BCUT2D eigenvalue weighted by atomic mass is 35.5. The van der Waals surface area contributed by atoms with Gasteiger partial charge in [0, 0.05) is 30.7 Å². The molecule has 0 saturated carbocycles. The first-order valence-electron chi connectivity index (χ1n) is 10.2. The molecule has 0 N–H and O–H groups in total. The molecule has 0 aliphatic carbocycles. The topological polar surface area (TPSA) is 51.0 Å². The van der Waals surface area contributed by atoms with Gasteiger partial charge in [0.1, 0.15) is 5.82 Å². The Kier molecular flexibility index (Phi) is 7.24. The van der Waals surface area contributed by atoms with E-state index in [1.165, 1.54) is 11.8 Å². The SMILES string of the molecule is CN(Cc1ccccc1)C(=O)CSc1nnc(Cc2ccccc2)n1-c1ccc(Cl)cc1. The van der Waals surface area contributed by atoms with Crippen LogP contribution in [-0.2, 0) is 17.8 Å². The summed E-state index contributed by atoms with van der Waals surface area (Å²) < 4.78 is 2.00. The van der Waals surface area contributed by atoms with Crippen LogP contribution in [0.25, 0.3) is 5.69 Å². The first kappa shape index (κ1) is 22.1. The van der Waals surface area contributed by atoms with Crippen LogP contribution in [0.4, 0.5) is 0 Å². The molecule has 0 aliphatic heterocycles. The maximum Gasteiger partial charge on any atom is 0.233 e. The van der Waals surface area contributed by atoms with Crippen LogP contribution in [0, 0.1) is 0 Å². The standard InChI is InChI=1S/C25H23ClN4OS/c1-29(17-20-10-6-3-7-11-20)24(31)18-32-25-28-27-23(16-19-8-4-2-5-9-19)30(25)22-14-12-21(26)13-15-22/h2-15H,16-18H2,1H3. The van der Waals surface area contributed by atoms with Crippen molar-refractivity contribution in [3.8, 4) is 5.69 Å². The molecule has 0 atom stereocenters. The van der Waals surface area contributed by atoms with Gasteiger partial charge in [-0.15, -0.1) is 10.2 Å². The molecule has 7 heteroatoms. The van der Waals surface area contributed by atoms with Gasteiger partial charge in [0.15, 0.2) is 5.16 Å². The van der Waals surface area contributed by atoms with Gasteiger partial charge in [-0.3, -0.25) is 9.36 Å². The van der Waals surface area contributed by atoms with E-state index in [0.717, 1.165) is 22.6 Å². The van der Waals surface area contributed by atoms with Crippen molar-refractivity contribution in [2.75, 3.05) is 12.8 Å². The van der Waals surface area contributed by atoms with Crippen LogP contribution in [0.3, 0.4) is 0 Å². The van der Waals surface area contributed by atoms with Crippen LogP contribution < -0.4 is 0 Å². The van der Waals surface area contributed by atoms with Gasteiger partial charge >= 0.3 is 0 Å². The maximum absolute atomic E-state index is 12.7. The highest BCUT2D eigenvalue weighted by molar-refractivity contribution is 7.99. The highest BCUT2D eigenvalue weighted by Crippen LogP contribution is 2.25. The number of thioether (sulfide) groups is 1. The van der Waals surface area contributed by atoms with E-state index in [1.807, 2.05) is 84.4 Å². The fourth-order valence-corrected chi connectivity index (χ4v) is 4.36. The first-order valence-corrected chi connectivity index (χ1v) is 11.6. The molecule has 4 rings (SSSR count). The minimum atomic E-state index is 0.0362. The predicted octanol–water partition coefficient (Wildman–Crippen LogP) is 5.26. The van der Waals surface area contributed by atoms with E-state index in [1.54, 1.807) is 4.90 Å². The average molecular weight is 463 g/mol. The molecule has 1 heterocycles. The van der Waals surface area contributed by atoms with Crippen molar-refractivity contribution in [1.29, 1.82) is 0 Å². The summed E-state index contributed by atoms with van der Waals surface area (Å²) in [5, 5.41) is 10.2. The third-order valence-corrected chi connectivity index (χ3v) is 6.17. The Labute approximate surface area is 197 Å². The van der Waals surface area contributed by atoms with Crippen molar-refractivity contribution < 1.29 is 4.79 Å². The summed E-state index contributed by atoms with van der Waals surface area (Å²) in [6.07, 6.45) is 0.638. The molecule has 1 amide bonds. The van der Waals surface area contributed by atoms with E-state index < -0.39 is 0 Å². The van der Waals surface area contributed by atoms with Crippen molar-refractivity contribution in [1.82, 2.24) is 19.7 Å². The smallest absolute Gasteiger partial charge is 0.233 e. The summed E-state index contributed by atoms with van der Waals surface area (Å²) >= 11 is 7.48. The number of hydrogen-bond donors (Lipinski definition) is 0. The summed E-state index contributed by atoms with van der Waals surface area (Å²) in [6.45, 7) is 0.573. The summed E-state index contributed by atoms with van der Waals surface area (Å²) in [4.78, 5) is 14.5. The Morgan fingerprint density at radius 3 is 2.19 bits per heavy atom. The van der Waals surface area contributed by atoms with Crippen molar-refractivity contribution in [2.45, 2.75) is 18.1 Å². The molecule has 1 aromatic heterocycles. The lowest BCUT2D eigenvalue weighted by Crippen LogP contribution is -2.27.